The van der Waals surface area contributed by atoms with Gasteiger partial charge in [-0.05, 0) is 12.5 Å². The maximum absolute atomic E-state index is 11.0. The molecule has 2 rings (SSSR count). The first kappa shape index (κ1) is 9.71. The second-order valence-corrected chi connectivity index (χ2v) is 3.41. The number of hydrogen-bond donors (Lipinski definition) is 1. The van der Waals surface area contributed by atoms with Crippen LogP contribution in [0.3, 0.4) is 0 Å². The molecular weight excluding hydrogens is 192 g/mol. The Bertz CT molecular complexity index is 490. The largest absolute Gasteiger partial charge is 0.480 e. The summed E-state index contributed by atoms with van der Waals surface area (Å²) in [7, 11) is 0. The van der Waals surface area contributed by atoms with Crippen LogP contribution in [0.1, 0.15) is 19.4 Å². The normalized spacial score (nSPS) is 12.9. The lowest BCUT2D eigenvalue weighted by Crippen LogP contribution is -2.19. The van der Waals surface area contributed by atoms with Crippen molar-refractivity contribution in [1.29, 1.82) is 0 Å². The molecule has 4 heteroatoms. The van der Waals surface area contributed by atoms with Crippen molar-refractivity contribution in [2.45, 2.75) is 19.4 Å². The van der Waals surface area contributed by atoms with Gasteiger partial charge in [0.2, 0.25) is 0 Å². The molecule has 0 aliphatic carbocycles. The van der Waals surface area contributed by atoms with E-state index in [4.69, 9.17) is 5.11 Å². The fourth-order valence-corrected chi connectivity index (χ4v) is 1.69. The molecule has 0 aliphatic rings. The Morgan fingerprint density at radius 1 is 1.53 bits per heavy atom. The van der Waals surface area contributed by atoms with Crippen LogP contribution in [0.25, 0.3) is 10.9 Å². The van der Waals surface area contributed by atoms with Gasteiger partial charge in [0.15, 0.2) is 0 Å². The van der Waals surface area contributed by atoms with Gasteiger partial charge in [-0.3, -0.25) is 4.68 Å². The van der Waals surface area contributed by atoms with E-state index >= 15 is 0 Å². The van der Waals surface area contributed by atoms with E-state index in [1.165, 1.54) is 0 Å². The van der Waals surface area contributed by atoms with E-state index < -0.39 is 12.0 Å². The SMILES string of the molecule is CC[C@@H](C(=O)O)n1ncc2ccccc21. The number of carboxylic acid groups (broad SMARTS) is 1. The summed E-state index contributed by atoms with van der Waals surface area (Å²) >= 11 is 0. The summed E-state index contributed by atoms with van der Waals surface area (Å²) in [5.41, 5.74) is 0.867. The minimum absolute atomic E-state index is 0.529. The monoisotopic (exact) mass is 204 g/mol. The molecule has 0 bridgehead atoms. The quantitative estimate of drug-likeness (QED) is 0.832. The predicted octanol–water partition coefficient (Wildman–Crippen LogP) is 2.07. The van der Waals surface area contributed by atoms with Gasteiger partial charge in [0.05, 0.1) is 11.7 Å². The Morgan fingerprint density at radius 3 is 2.93 bits per heavy atom. The topological polar surface area (TPSA) is 55.1 Å². The summed E-state index contributed by atoms with van der Waals surface area (Å²) in [6.07, 6.45) is 2.22. The molecule has 1 atom stereocenters. The van der Waals surface area contributed by atoms with E-state index in [-0.39, 0.29) is 0 Å². The van der Waals surface area contributed by atoms with Crippen LogP contribution in [0.4, 0.5) is 0 Å². The molecule has 1 heterocycles. The van der Waals surface area contributed by atoms with Gasteiger partial charge in [-0.1, -0.05) is 25.1 Å². The molecular formula is C11H12N2O2. The third-order valence-corrected chi connectivity index (χ3v) is 2.47. The van der Waals surface area contributed by atoms with Gasteiger partial charge in [-0.2, -0.15) is 5.10 Å². The molecule has 1 aromatic heterocycles. The van der Waals surface area contributed by atoms with Gasteiger partial charge < -0.3 is 5.11 Å². The number of rotatable bonds is 3. The van der Waals surface area contributed by atoms with Crippen molar-refractivity contribution < 1.29 is 9.90 Å². The van der Waals surface area contributed by atoms with Crippen LogP contribution < -0.4 is 0 Å². The number of aliphatic carboxylic acids is 1. The number of hydrogen-bond acceptors (Lipinski definition) is 2. The van der Waals surface area contributed by atoms with Gasteiger partial charge in [0.25, 0.3) is 0 Å². The number of aromatic nitrogens is 2. The third kappa shape index (κ3) is 1.58. The molecule has 0 fully saturated rings. The lowest BCUT2D eigenvalue weighted by Gasteiger charge is -2.11. The summed E-state index contributed by atoms with van der Waals surface area (Å²) in [6.45, 7) is 1.84. The first-order valence-electron chi connectivity index (χ1n) is 4.89. The molecule has 15 heavy (non-hydrogen) atoms. The number of benzene rings is 1. The smallest absolute Gasteiger partial charge is 0.328 e. The average molecular weight is 204 g/mol. The van der Waals surface area contributed by atoms with Gasteiger partial charge >= 0.3 is 5.97 Å². The van der Waals surface area contributed by atoms with Crippen LogP contribution in [-0.4, -0.2) is 20.9 Å². The van der Waals surface area contributed by atoms with E-state index in [0.717, 1.165) is 10.9 Å². The first-order chi connectivity index (χ1) is 7.24. The highest BCUT2D eigenvalue weighted by atomic mass is 16.4. The predicted molar refractivity (Wildman–Crippen MR) is 56.7 cm³/mol. The molecule has 0 radical (unpaired) electrons. The molecule has 0 unspecified atom stereocenters. The Balaban J connectivity index is 2.55. The first-order valence-corrected chi connectivity index (χ1v) is 4.89. The lowest BCUT2D eigenvalue weighted by atomic mass is 10.2. The Morgan fingerprint density at radius 2 is 2.27 bits per heavy atom. The number of carboxylic acids is 1. The number of nitrogens with zero attached hydrogens (tertiary/aromatic N) is 2. The minimum Gasteiger partial charge on any atom is -0.480 e. The van der Waals surface area contributed by atoms with Gasteiger partial charge in [-0.15, -0.1) is 0 Å². The lowest BCUT2D eigenvalue weighted by molar-refractivity contribution is -0.141. The molecule has 0 amide bonds. The zero-order valence-corrected chi connectivity index (χ0v) is 8.42. The van der Waals surface area contributed by atoms with Crippen molar-refractivity contribution in [3.63, 3.8) is 0 Å². The number of fused-ring (bicyclic) bond motifs is 1. The summed E-state index contributed by atoms with van der Waals surface area (Å²) < 4.78 is 1.57. The van der Waals surface area contributed by atoms with Gasteiger partial charge in [0.1, 0.15) is 6.04 Å². The van der Waals surface area contributed by atoms with Crippen LogP contribution in [0.2, 0.25) is 0 Å². The van der Waals surface area contributed by atoms with Crippen molar-refractivity contribution in [3.05, 3.63) is 30.5 Å². The molecule has 0 spiro atoms. The van der Waals surface area contributed by atoms with E-state index in [1.807, 2.05) is 31.2 Å². The Labute approximate surface area is 87.1 Å². The highest BCUT2D eigenvalue weighted by Gasteiger charge is 2.19. The molecule has 4 nitrogen and oxygen atoms in total. The van der Waals surface area contributed by atoms with Crippen molar-refractivity contribution in [2.24, 2.45) is 0 Å². The van der Waals surface area contributed by atoms with Crippen molar-refractivity contribution in [1.82, 2.24) is 9.78 Å². The van der Waals surface area contributed by atoms with Crippen molar-refractivity contribution in [2.75, 3.05) is 0 Å². The standard InChI is InChI=1S/C11H12N2O2/c1-2-9(11(14)15)13-10-6-4-3-5-8(10)7-12-13/h3-7,9H,2H2,1H3,(H,14,15)/t9-/m0/s1. The van der Waals surface area contributed by atoms with Crippen LogP contribution in [0, 0.1) is 0 Å². The fraction of sp³-hybridized carbons (Fsp3) is 0.273. The number of carbonyl (C=O) groups is 1. The molecule has 1 aromatic carbocycles. The highest BCUT2D eigenvalue weighted by Crippen LogP contribution is 2.19. The zero-order valence-electron chi connectivity index (χ0n) is 8.42. The van der Waals surface area contributed by atoms with Crippen LogP contribution in [-0.2, 0) is 4.79 Å². The molecule has 1 N–H and O–H groups in total. The maximum atomic E-state index is 11.0. The van der Waals surface area contributed by atoms with E-state index in [9.17, 15) is 4.79 Å². The van der Waals surface area contributed by atoms with Crippen LogP contribution in [0.15, 0.2) is 30.5 Å². The molecule has 0 saturated heterocycles. The summed E-state index contributed by atoms with van der Waals surface area (Å²) in [4.78, 5) is 11.0. The Kier molecular flexibility index (Phi) is 2.41. The van der Waals surface area contributed by atoms with E-state index in [1.54, 1.807) is 10.9 Å². The molecule has 0 aliphatic heterocycles. The van der Waals surface area contributed by atoms with E-state index in [2.05, 4.69) is 5.10 Å². The van der Waals surface area contributed by atoms with E-state index in [0.29, 0.717) is 6.42 Å². The Hall–Kier alpha value is -1.84. The average Bonchev–Trinajstić information content (AvgIpc) is 2.63. The third-order valence-electron chi connectivity index (χ3n) is 2.47. The highest BCUT2D eigenvalue weighted by molar-refractivity contribution is 5.81. The maximum Gasteiger partial charge on any atom is 0.328 e. The molecule has 0 saturated carbocycles. The van der Waals surface area contributed by atoms with Gasteiger partial charge in [-0.25, -0.2) is 4.79 Å². The summed E-state index contributed by atoms with van der Waals surface area (Å²) in [5.74, 6) is -0.841. The summed E-state index contributed by atoms with van der Waals surface area (Å²) in [5, 5.41) is 14.1. The second-order valence-electron chi connectivity index (χ2n) is 3.41. The second kappa shape index (κ2) is 3.73. The van der Waals surface area contributed by atoms with Gasteiger partial charge in [0, 0.05) is 5.39 Å². The summed E-state index contributed by atoms with van der Waals surface area (Å²) in [6, 6.07) is 7.02. The zero-order chi connectivity index (χ0) is 10.8. The van der Waals surface area contributed by atoms with Crippen molar-refractivity contribution >= 4 is 16.9 Å². The minimum atomic E-state index is -0.841. The molecule has 78 valence electrons. The van der Waals surface area contributed by atoms with Crippen LogP contribution >= 0.6 is 0 Å². The van der Waals surface area contributed by atoms with Crippen LogP contribution in [0.5, 0.6) is 0 Å². The fourth-order valence-electron chi connectivity index (χ4n) is 1.69. The molecule has 2 aromatic rings. The number of para-hydroxylation sites is 1. The van der Waals surface area contributed by atoms with Crippen molar-refractivity contribution in [3.8, 4) is 0 Å².